The number of rotatable bonds is 4. The number of aromatic nitrogens is 1. The molecular weight excluding hydrogens is 248 g/mol. The molecule has 0 saturated carbocycles. The maximum absolute atomic E-state index is 5.82. The minimum atomic E-state index is 0.416. The Kier molecular flexibility index (Phi) is 4.16. The highest BCUT2D eigenvalue weighted by Crippen LogP contribution is 2.26. The number of anilines is 1. The van der Waals surface area contributed by atoms with Crippen molar-refractivity contribution in [2.75, 3.05) is 11.9 Å². The van der Waals surface area contributed by atoms with Gasteiger partial charge in [0.15, 0.2) is 0 Å². The van der Waals surface area contributed by atoms with Crippen LogP contribution in [0.15, 0.2) is 36.7 Å². The van der Waals surface area contributed by atoms with E-state index < -0.39 is 0 Å². The zero-order valence-electron chi connectivity index (χ0n) is 12.0. The summed E-state index contributed by atoms with van der Waals surface area (Å²) in [6.45, 7) is 3.09. The van der Waals surface area contributed by atoms with Crippen LogP contribution < -0.4 is 5.32 Å². The Bertz CT molecular complexity index is 562. The second kappa shape index (κ2) is 6.23. The second-order valence-electron chi connectivity index (χ2n) is 5.55. The van der Waals surface area contributed by atoms with Crippen LogP contribution in [-0.4, -0.2) is 23.7 Å². The Balaban J connectivity index is 1.76. The van der Waals surface area contributed by atoms with E-state index in [4.69, 9.17) is 4.74 Å². The van der Waals surface area contributed by atoms with Gasteiger partial charge in [-0.05, 0) is 36.8 Å². The van der Waals surface area contributed by atoms with Crippen LogP contribution >= 0.6 is 0 Å². The first-order valence-corrected chi connectivity index (χ1v) is 7.57. The van der Waals surface area contributed by atoms with Gasteiger partial charge < -0.3 is 10.1 Å². The van der Waals surface area contributed by atoms with Gasteiger partial charge in [0.05, 0.1) is 6.10 Å². The molecule has 1 N–H and O–H groups in total. The van der Waals surface area contributed by atoms with E-state index in [1.165, 1.54) is 22.9 Å². The van der Waals surface area contributed by atoms with Crippen LogP contribution in [0, 0.1) is 0 Å². The lowest BCUT2D eigenvalue weighted by Gasteiger charge is -2.31. The predicted octanol–water partition coefficient (Wildman–Crippen LogP) is 3.99. The minimum absolute atomic E-state index is 0.416. The number of benzene rings is 1. The lowest BCUT2D eigenvalue weighted by molar-refractivity contribution is 0.00599. The molecular formula is C17H22N2O. The zero-order chi connectivity index (χ0) is 13.8. The lowest BCUT2D eigenvalue weighted by Crippen LogP contribution is -2.34. The normalized spacial score (nSPS) is 22.9. The predicted molar refractivity (Wildman–Crippen MR) is 83.0 cm³/mol. The van der Waals surface area contributed by atoms with E-state index in [1.54, 1.807) is 0 Å². The zero-order valence-corrected chi connectivity index (χ0v) is 12.0. The molecule has 0 amide bonds. The van der Waals surface area contributed by atoms with Crippen LogP contribution in [0.2, 0.25) is 0 Å². The van der Waals surface area contributed by atoms with Gasteiger partial charge in [-0.15, -0.1) is 0 Å². The first-order chi connectivity index (χ1) is 9.86. The SMILES string of the molecule is CCCC1CC(Nc2cccc3ccncc23)CCO1. The summed E-state index contributed by atoms with van der Waals surface area (Å²) in [5, 5.41) is 6.13. The van der Waals surface area contributed by atoms with Crippen molar-refractivity contribution in [3.8, 4) is 0 Å². The molecule has 1 aliphatic rings. The molecule has 1 aromatic carbocycles. The summed E-state index contributed by atoms with van der Waals surface area (Å²) >= 11 is 0. The quantitative estimate of drug-likeness (QED) is 0.912. The Morgan fingerprint density at radius 2 is 2.30 bits per heavy atom. The molecule has 3 nitrogen and oxygen atoms in total. The number of nitrogens with zero attached hydrogens (tertiary/aromatic N) is 1. The lowest BCUT2D eigenvalue weighted by atomic mass is 9.99. The van der Waals surface area contributed by atoms with Gasteiger partial charge in [0, 0.05) is 36.1 Å². The molecule has 0 spiro atoms. The number of nitrogens with one attached hydrogen (secondary N) is 1. The summed E-state index contributed by atoms with van der Waals surface area (Å²) in [6.07, 6.45) is 8.74. The standard InChI is InChI=1S/C17H22N2O/c1-2-4-15-11-14(8-10-20-15)19-17-6-3-5-13-7-9-18-12-16(13)17/h3,5-7,9,12,14-15,19H,2,4,8,10-11H2,1H3. The number of hydrogen-bond donors (Lipinski definition) is 1. The fourth-order valence-electron chi connectivity index (χ4n) is 2.99. The fraction of sp³-hybridized carbons (Fsp3) is 0.471. The van der Waals surface area contributed by atoms with E-state index in [9.17, 15) is 0 Å². The molecule has 1 fully saturated rings. The first-order valence-electron chi connectivity index (χ1n) is 7.57. The van der Waals surface area contributed by atoms with Crippen LogP contribution in [0.1, 0.15) is 32.6 Å². The molecule has 1 aliphatic heterocycles. The summed E-state index contributed by atoms with van der Waals surface area (Å²) in [4.78, 5) is 4.25. The summed E-state index contributed by atoms with van der Waals surface area (Å²) in [5.41, 5.74) is 1.19. The van der Waals surface area contributed by atoms with Crippen LogP contribution in [0.25, 0.3) is 10.8 Å². The fourth-order valence-corrected chi connectivity index (χ4v) is 2.99. The molecule has 3 rings (SSSR count). The molecule has 0 aliphatic carbocycles. The van der Waals surface area contributed by atoms with Crippen molar-refractivity contribution in [1.82, 2.24) is 4.98 Å². The first kappa shape index (κ1) is 13.4. The summed E-state index contributed by atoms with van der Waals surface area (Å²) < 4.78 is 5.82. The molecule has 106 valence electrons. The third-order valence-electron chi connectivity index (χ3n) is 4.02. The van der Waals surface area contributed by atoms with Gasteiger partial charge in [0.2, 0.25) is 0 Å². The van der Waals surface area contributed by atoms with Crippen molar-refractivity contribution in [2.45, 2.75) is 44.8 Å². The second-order valence-corrected chi connectivity index (χ2v) is 5.55. The average molecular weight is 270 g/mol. The van der Waals surface area contributed by atoms with Crippen LogP contribution in [0.3, 0.4) is 0 Å². The molecule has 2 atom stereocenters. The molecule has 0 radical (unpaired) electrons. The Morgan fingerprint density at radius 1 is 1.35 bits per heavy atom. The van der Waals surface area contributed by atoms with Crippen molar-refractivity contribution in [2.24, 2.45) is 0 Å². The molecule has 1 aromatic heterocycles. The molecule has 2 heterocycles. The van der Waals surface area contributed by atoms with Crippen molar-refractivity contribution in [1.29, 1.82) is 0 Å². The Hall–Kier alpha value is -1.61. The maximum Gasteiger partial charge on any atom is 0.0594 e. The molecule has 0 bridgehead atoms. The average Bonchev–Trinajstić information content (AvgIpc) is 2.48. The van der Waals surface area contributed by atoms with E-state index >= 15 is 0 Å². The van der Waals surface area contributed by atoms with Crippen molar-refractivity contribution < 1.29 is 4.74 Å². The highest BCUT2D eigenvalue weighted by molar-refractivity contribution is 5.93. The number of hydrogen-bond acceptors (Lipinski definition) is 3. The van der Waals surface area contributed by atoms with E-state index in [0.717, 1.165) is 25.9 Å². The van der Waals surface area contributed by atoms with Gasteiger partial charge in [-0.25, -0.2) is 0 Å². The van der Waals surface area contributed by atoms with Gasteiger partial charge in [0.25, 0.3) is 0 Å². The summed E-state index contributed by atoms with van der Waals surface area (Å²) in [7, 11) is 0. The highest BCUT2D eigenvalue weighted by Gasteiger charge is 2.22. The van der Waals surface area contributed by atoms with E-state index in [-0.39, 0.29) is 0 Å². The van der Waals surface area contributed by atoms with Gasteiger partial charge in [-0.2, -0.15) is 0 Å². The van der Waals surface area contributed by atoms with Crippen LogP contribution in [0.5, 0.6) is 0 Å². The van der Waals surface area contributed by atoms with Gasteiger partial charge in [-0.1, -0.05) is 25.5 Å². The van der Waals surface area contributed by atoms with Crippen molar-refractivity contribution in [3.05, 3.63) is 36.7 Å². The molecule has 2 aromatic rings. The topological polar surface area (TPSA) is 34.2 Å². The monoisotopic (exact) mass is 270 g/mol. The largest absolute Gasteiger partial charge is 0.382 e. The van der Waals surface area contributed by atoms with E-state index in [1.807, 2.05) is 12.4 Å². The minimum Gasteiger partial charge on any atom is -0.382 e. The number of pyridine rings is 1. The molecule has 2 unspecified atom stereocenters. The number of ether oxygens (including phenoxy) is 1. The van der Waals surface area contributed by atoms with Gasteiger partial charge in [0.1, 0.15) is 0 Å². The van der Waals surface area contributed by atoms with Crippen molar-refractivity contribution >= 4 is 16.5 Å². The van der Waals surface area contributed by atoms with E-state index in [0.29, 0.717) is 12.1 Å². The maximum atomic E-state index is 5.82. The van der Waals surface area contributed by atoms with Crippen LogP contribution in [0.4, 0.5) is 5.69 Å². The third kappa shape index (κ3) is 2.93. The van der Waals surface area contributed by atoms with Gasteiger partial charge >= 0.3 is 0 Å². The van der Waals surface area contributed by atoms with E-state index in [2.05, 4.69) is 41.5 Å². The van der Waals surface area contributed by atoms with Crippen molar-refractivity contribution in [3.63, 3.8) is 0 Å². The summed E-state index contributed by atoms with van der Waals surface area (Å²) in [5.74, 6) is 0. The summed E-state index contributed by atoms with van der Waals surface area (Å²) in [6, 6.07) is 8.95. The van der Waals surface area contributed by atoms with Gasteiger partial charge in [-0.3, -0.25) is 4.98 Å². The van der Waals surface area contributed by atoms with Crippen LogP contribution in [-0.2, 0) is 4.74 Å². The molecule has 3 heteroatoms. The highest BCUT2D eigenvalue weighted by atomic mass is 16.5. The Morgan fingerprint density at radius 3 is 3.20 bits per heavy atom. The molecule has 1 saturated heterocycles. The Labute approximate surface area is 120 Å². The number of fused-ring (bicyclic) bond motifs is 1. The third-order valence-corrected chi connectivity index (χ3v) is 4.02. The molecule has 20 heavy (non-hydrogen) atoms. The smallest absolute Gasteiger partial charge is 0.0594 e.